The van der Waals surface area contributed by atoms with E-state index in [4.69, 9.17) is 5.73 Å². The fourth-order valence-corrected chi connectivity index (χ4v) is 4.72. The van der Waals surface area contributed by atoms with E-state index in [0.717, 1.165) is 19.3 Å². The Kier molecular flexibility index (Phi) is 4.50. The molecular weight excluding hydrogens is 264 g/mol. The first-order valence-electron chi connectivity index (χ1n) is 7.12. The van der Waals surface area contributed by atoms with Gasteiger partial charge < -0.3 is 11.1 Å². The topological polar surface area (TPSA) is 89.3 Å². The molecule has 1 saturated carbocycles. The summed E-state index contributed by atoms with van der Waals surface area (Å²) in [7, 11) is -2.87. The normalized spacial score (nSPS) is 35.8. The van der Waals surface area contributed by atoms with Crippen molar-refractivity contribution in [2.24, 2.45) is 17.6 Å². The molecule has 2 fully saturated rings. The molecule has 1 aliphatic heterocycles. The average molecular weight is 288 g/mol. The first kappa shape index (κ1) is 14.8. The van der Waals surface area contributed by atoms with E-state index in [9.17, 15) is 13.2 Å². The number of nitrogens with one attached hydrogen (secondary N) is 1. The van der Waals surface area contributed by atoms with Crippen LogP contribution in [0.1, 0.15) is 39.0 Å². The molecule has 0 aromatic rings. The number of hydrogen-bond donors (Lipinski definition) is 2. The lowest BCUT2D eigenvalue weighted by molar-refractivity contribution is -0.127. The standard InChI is InChI=1S/C13H24N2O3S/c1-9-6-10(8-11(14)7-9)13(16)15-12-2-4-19(17,18)5-3-12/h9-12H,2-8,14H2,1H3,(H,15,16). The van der Waals surface area contributed by atoms with Crippen molar-refractivity contribution in [1.82, 2.24) is 5.32 Å². The lowest BCUT2D eigenvalue weighted by Gasteiger charge is -2.32. The Morgan fingerprint density at radius 3 is 2.37 bits per heavy atom. The van der Waals surface area contributed by atoms with E-state index in [-0.39, 0.29) is 35.4 Å². The lowest BCUT2D eigenvalue weighted by atomic mass is 9.79. The molecule has 110 valence electrons. The molecule has 3 unspecified atom stereocenters. The number of carbonyl (C=O) groups is 1. The molecule has 0 aromatic heterocycles. The van der Waals surface area contributed by atoms with Crippen LogP contribution in [0, 0.1) is 11.8 Å². The van der Waals surface area contributed by atoms with Gasteiger partial charge in [-0.3, -0.25) is 4.79 Å². The summed E-state index contributed by atoms with van der Waals surface area (Å²) in [5.74, 6) is 0.937. The van der Waals surface area contributed by atoms with Crippen LogP contribution in [-0.4, -0.2) is 37.9 Å². The summed E-state index contributed by atoms with van der Waals surface area (Å²) in [6, 6.07) is 0.135. The highest BCUT2D eigenvalue weighted by molar-refractivity contribution is 7.91. The van der Waals surface area contributed by atoms with Crippen molar-refractivity contribution in [2.75, 3.05) is 11.5 Å². The van der Waals surface area contributed by atoms with Gasteiger partial charge in [-0.2, -0.15) is 0 Å². The van der Waals surface area contributed by atoms with Gasteiger partial charge in [0.1, 0.15) is 9.84 Å². The van der Waals surface area contributed by atoms with Crippen LogP contribution in [0.4, 0.5) is 0 Å². The number of nitrogens with two attached hydrogens (primary N) is 1. The van der Waals surface area contributed by atoms with Crippen LogP contribution in [-0.2, 0) is 14.6 Å². The zero-order valence-electron chi connectivity index (χ0n) is 11.5. The van der Waals surface area contributed by atoms with Gasteiger partial charge in [-0.15, -0.1) is 0 Å². The Morgan fingerprint density at radius 2 is 1.79 bits per heavy atom. The van der Waals surface area contributed by atoms with Crippen molar-refractivity contribution >= 4 is 15.7 Å². The Balaban J connectivity index is 1.84. The minimum Gasteiger partial charge on any atom is -0.353 e. The van der Waals surface area contributed by atoms with Gasteiger partial charge >= 0.3 is 0 Å². The molecule has 19 heavy (non-hydrogen) atoms. The first-order valence-corrected chi connectivity index (χ1v) is 8.94. The maximum Gasteiger partial charge on any atom is 0.223 e. The second kappa shape index (κ2) is 5.79. The lowest BCUT2D eigenvalue weighted by Crippen LogP contribution is -2.46. The SMILES string of the molecule is CC1CC(N)CC(C(=O)NC2CCS(=O)(=O)CC2)C1. The number of amides is 1. The van der Waals surface area contributed by atoms with Crippen LogP contribution in [0.25, 0.3) is 0 Å². The molecule has 0 aromatic carbocycles. The van der Waals surface area contributed by atoms with Gasteiger partial charge in [-0.25, -0.2) is 8.42 Å². The monoisotopic (exact) mass is 288 g/mol. The van der Waals surface area contributed by atoms with Crippen LogP contribution in [0.3, 0.4) is 0 Å². The largest absolute Gasteiger partial charge is 0.353 e. The Morgan fingerprint density at radius 1 is 1.16 bits per heavy atom. The van der Waals surface area contributed by atoms with Crippen molar-refractivity contribution < 1.29 is 13.2 Å². The molecule has 6 heteroatoms. The molecule has 2 rings (SSSR count). The number of carbonyl (C=O) groups excluding carboxylic acids is 1. The highest BCUT2D eigenvalue weighted by atomic mass is 32.2. The van der Waals surface area contributed by atoms with Crippen molar-refractivity contribution in [3.8, 4) is 0 Å². The second-order valence-corrected chi connectivity index (χ2v) is 8.51. The van der Waals surface area contributed by atoms with E-state index < -0.39 is 9.84 Å². The fraction of sp³-hybridized carbons (Fsp3) is 0.923. The van der Waals surface area contributed by atoms with E-state index in [2.05, 4.69) is 12.2 Å². The van der Waals surface area contributed by atoms with E-state index in [0.29, 0.717) is 18.8 Å². The summed E-state index contributed by atoms with van der Waals surface area (Å²) in [5.41, 5.74) is 5.96. The van der Waals surface area contributed by atoms with Gasteiger partial charge in [0, 0.05) is 18.0 Å². The van der Waals surface area contributed by atoms with Gasteiger partial charge in [-0.1, -0.05) is 6.92 Å². The quantitative estimate of drug-likeness (QED) is 0.772. The van der Waals surface area contributed by atoms with Crippen LogP contribution in [0.5, 0.6) is 0 Å². The van der Waals surface area contributed by atoms with Crippen LogP contribution < -0.4 is 11.1 Å². The molecule has 1 amide bonds. The predicted molar refractivity (Wildman–Crippen MR) is 74.3 cm³/mol. The van der Waals surface area contributed by atoms with Crippen molar-refractivity contribution in [1.29, 1.82) is 0 Å². The molecule has 5 nitrogen and oxygen atoms in total. The molecule has 1 aliphatic carbocycles. The summed E-state index contributed by atoms with van der Waals surface area (Å²) >= 11 is 0. The third-order valence-electron chi connectivity index (χ3n) is 4.25. The Labute approximate surface area is 115 Å². The molecule has 0 bridgehead atoms. The van der Waals surface area contributed by atoms with Crippen LogP contribution >= 0.6 is 0 Å². The van der Waals surface area contributed by atoms with E-state index in [1.807, 2.05) is 0 Å². The zero-order chi connectivity index (χ0) is 14.0. The van der Waals surface area contributed by atoms with Crippen molar-refractivity contribution in [2.45, 2.75) is 51.1 Å². The number of rotatable bonds is 2. The van der Waals surface area contributed by atoms with Gasteiger partial charge in [0.15, 0.2) is 0 Å². The van der Waals surface area contributed by atoms with Gasteiger partial charge in [0.25, 0.3) is 0 Å². The maximum atomic E-state index is 12.2. The molecule has 0 spiro atoms. The highest BCUT2D eigenvalue weighted by Crippen LogP contribution is 2.28. The Hall–Kier alpha value is -0.620. The first-order chi connectivity index (χ1) is 8.85. The third kappa shape index (κ3) is 4.18. The summed E-state index contributed by atoms with van der Waals surface area (Å²) < 4.78 is 22.7. The van der Waals surface area contributed by atoms with Crippen LogP contribution in [0.2, 0.25) is 0 Å². The van der Waals surface area contributed by atoms with E-state index in [1.165, 1.54) is 0 Å². The van der Waals surface area contributed by atoms with Gasteiger partial charge in [-0.05, 0) is 38.0 Å². The van der Waals surface area contributed by atoms with Crippen LogP contribution in [0.15, 0.2) is 0 Å². The molecule has 3 atom stereocenters. The third-order valence-corrected chi connectivity index (χ3v) is 5.97. The van der Waals surface area contributed by atoms with Crippen molar-refractivity contribution in [3.63, 3.8) is 0 Å². The maximum absolute atomic E-state index is 12.2. The average Bonchev–Trinajstić information content (AvgIpc) is 2.30. The highest BCUT2D eigenvalue weighted by Gasteiger charge is 2.31. The fourth-order valence-electron chi connectivity index (χ4n) is 3.22. The van der Waals surface area contributed by atoms with Gasteiger partial charge in [0.2, 0.25) is 5.91 Å². The minimum atomic E-state index is -2.87. The summed E-state index contributed by atoms with van der Waals surface area (Å²) in [4.78, 5) is 12.2. The predicted octanol–water partition coefficient (Wildman–Crippen LogP) is 0.443. The van der Waals surface area contributed by atoms with Crippen molar-refractivity contribution in [3.05, 3.63) is 0 Å². The second-order valence-electron chi connectivity index (χ2n) is 6.20. The smallest absolute Gasteiger partial charge is 0.223 e. The molecular formula is C13H24N2O3S. The molecule has 0 radical (unpaired) electrons. The molecule has 1 saturated heterocycles. The number of hydrogen-bond acceptors (Lipinski definition) is 4. The van der Waals surface area contributed by atoms with E-state index >= 15 is 0 Å². The van der Waals surface area contributed by atoms with Gasteiger partial charge in [0.05, 0.1) is 11.5 Å². The zero-order valence-corrected chi connectivity index (χ0v) is 12.3. The number of sulfone groups is 1. The summed E-state index contributed by atoms with van der Waals surface area (Å²) in [6.45, 7) is 2.13. The molecule has 2 aliphatic rings. The molecule has 1 heterocycles. The minimum absolute atomic E-state index is 0.00252. The summed E-state index contributed by atoms with van der Waals surface area (Å²) in [6.07, 6.45) is 3.72. The van der Waals surface area contributed by atoms with E-state index in [1.54, 1.807) is 0 Å². The molecule has 3 N–H and O–H groups in total. The summed E-state index contributed by atoms with van der Waals surface area (Å²) in [5, 5.41) is 3.01. The Bertz CT molecular complexity index is 411.